The predicted octanol–water partition coefficient (Wildman–Crippen LogP) is 1.98. The molecule has 4 nitrogen and oxygen atoms in total. The van der Waals surface area contributed by atoms with Gasteiger partial charge in [0.1, 0.15) is 0 Å². The van der Waals surface area contributed by atoms with Crippen molar-refractivity contribution in [3.8, 4) is 0 Å². The highest BCUT2D eigenvalue weighted by atomic mass is 32.1. The molecule has 17 heavy (non-hydrogen) atoms. The molecule has 0 spiro atoms. The molecule has 0 saturated heterocycles. The third kappa shape index (κ3) is 3.17. The van der Waals surface area contributed by atoms with Crippen LogP contribution in [0.3, 0.4) is 0 Å². The molecule has 0 aliphatic heterocycles. The van der Waals surface area contributed by atoms with Gasteiger partial charge >= 0.3 is 0 Å². The van der Waals surface area contributed by atoms with E-state index in [1.807, 2.05) is 12.3 Å². The first-order chi connectivity index (χ1) is 8.29. The summed E-state index contributed by atoms with van der Waals surface area (Å²) < 4.78 is 1.50. The van der Waals surface area contributed by atoms with Crippen molar-refractivity contribution >= 4 is 17.0 Å². The summed E-state index contributed by atoms with van der Waals surface area (Å²) >= 11 is 1.67. The first-order valence-corrected chi connectivity index (χ1v) is 6.56. The van der Waals surface area contributed by atoms with Crippen LogP contribution in [0.4, 0.5) is 5.69 Å². The van der Waals surface area contributed by atoms with Crippen LogP contribution in [0.5, 0.6) is 0 Å². The number of thiophene rings is 1. The molecule has 0 aliphatic rings. The van der Waals surface area contributed by atoms with Gasteiger partial charge in [-0.05, 0) is 35.7 Å². The lowest BCUT2D eigenvalue weighted by atomic mass is 10.2. The number of hydrogen-bond donors (Lipinski definition) is 1. The molecule has 90 valence electrons. The molecule has 0 atom stereocenters. The second kappa shape index (κ2) is 5.63. The third-order valence-electron chi connectivity index (χ3n) is 2.44. The van der Waals surface area contributed by atoms with Gasteiger partial charge in [-0.3, -0.25) is 4.79 Å². The Hall–Kier alpha value is -1.62. The molecule has 0 bridgehead atoms. The van der Waals surface area contributed by atoms with Crippen LogP contribution >= 0.6 is 11.3 Å². The van der Waals surface area contributed by atoms with Gasteiger partial charge in [-0.2, -0.15) is 16.4 Å². The smallest absolute Gasteiger partial charge is 0.268 e. The third-order valence-corrected chi connectivity index (χ3v) is 3.17. The monoisotopic (exact) mass is 249 g/mol. The van der Waals surface area contributed by atoms with Crippen molar-refractivity contribution in [3.63, 3.8) is 0 Å². The highest BCUT2D eigenvalue weighted by Crippen LogP contribution is 2.07. The Morgan fingerprint density at radius 1 is 1.53 bits per heavy atom. The van der Waals surface area contributed by atoms with Gasteiger partial charge in [0.15, 0.2) is 0 Å². The van der Waals surface area contributed by atoms with Crippen LogP contribution in [0, 0.1) is 0 Å². The molecule has 2 rings (SSSR count). The number of rotatable bonds is 5. The molecule has 0 fully saturated rings. The molecule has 5 heteroatoms. The van der Waals surface area contributed by atoms with E-state index < -0.39 is 0 Å². The van der Waals surface area contributed by atoms with E-state index in [0.29, 0.717) is 6.54 Å². The highest BCUT2D eigenvalue weighted by molar-refractivity contribution is 7.07. The second-order valence-corrected chi connectivity index (χ2v) is 4.50. The van der Waals surface area contributed by atoms with Crippen LogP contribution in [0.1, 0.15) is 12.5 Å². The average Bonchev–Trinajstić information content (AvgIpc) is 2.81. The highest BCUT2D eigenvalue weighted by Gasteiger charge is 2.00. The van der Waals surface area contributed by atoms with E-state index in [-0.39, 0.29) is 5.56 Å². The minimum atomic E-state index is -0.0568. The second-order valence-electron chi connectivity index (χ2n) is 3.72. The first-order valence-electron chi connectivity index (χ1n) is 5.61. The van der Waals surface area contributed by atoms with Crippen molar-refractivity contribution in [2.24, 2.45) is 0 Å². The Morgan fingerprint density at radius 3 is 3.06 bits per heavy atom. The molecule has 0 saturated carbocycles. The van der Waals surface area contributed by atoms with Crippen molar-refractivity contribution in [2.45, 2.75) is 19.9 Å². The summed E-state index contributed by atoms with van der Waals surface area (Å²) in [5, 5.41) is 11.3. The van der Waals surface area contributed by atoms with Crippen molar-refractivity contribution < 1.29 is 0 Å². The molecule has 1 N–H and O–H groups in total. The Bertz CT molecular complexity index is 519. The summed E-state index contributed by atoms with van der Waals surface area (Å²) in [7, 11) is 0. The van der Waals surface area contributed by atoms with E-state index in [9.17, 15) is 4.79 Å². The lowest BCUT2D eigenvalue weighted by Gasteiger charge is -2.05. The minimum Gasteiger partial charge on any atom is -0.384 e. The molecule has 0 amide bonds. The zero-order valence-corrected chi connectivity index (χ0v) is 10.5. The predicted molar refractivity (Wildman–Crippen MR) is 70.7 cm³/mol. The molecule has 0 unspecified atom stereocenters. The molecule has 2 aromatic rings. The summed E-state index contributed by atoms with van der Waals surface area (Å²) in [5.74, 6) is 0. The molecule has 2 heterocycles. The SMILES string of the molecule is CCNc1cnn(CCc2ccsc2)c(=O)c1. The van der Waals surface area contributed by atoms with Gasteiger partial charge in [-0.25, -0.2) is 4.68 Å². The maximum atomic E-state index is 11.7. The fourth-order valence-corrected chi connectivity index (χ4v) is 2.28. The van der Waals surface area contributed by atoms with Crippen molar-refractivity contribution in [2.75, 3.05) is 11.9 Å². The molecular formula is C12H15N3OS. The van der Waals surface area contributed by atoms with Gasteiger partial charge < -0.3 is 5.32 Å². The Morgan fingerprint density at radius 2 is 2.41 bits per heavy atom. The van der Waals surface area contributed by atoms with Gasteiger partial charge in [0.05, 0.1) is 11.9 Å². The van der Waals surface area contributed by atoms with Gasteiger partial charge in [0.2, 0.25) is 0 Å². The number of hydrogen-bond acceptors (Lipinski definition) is 4. The lowest BCUT2D eigenvalue weighted by Crippen LogP contribution is -2.23. The van der Waals surface area contributed by atoms with E-state index in [1.54, 1.807) is 23.6 Å². The summed E-state index contributed by atoms with van der Waals surface area (Å²) in [5.41, 5.74) is 1.97. The van der Waals surface area contributed by atoms with Gasteiger partial charge in [-0.1, -0.05) is 0 Å². The quantitative estimate of drug-likeness (QED) is 0.881. The van der Waals surface area contributed by atoms with Crippen LogP contribution in [0.15, 0.2) is 33.9 Å². The number of aromatic nitrogens is 2. The van der Waals surface area contributed by atoms with E-state index in [4.69, 9.17) is 0 Å². The fraction of sp³-hybridized carbons (Fsp3) is 0.333. The molecule has 0 aromatic carbocycles. The summed E-state index contributed by atoms with van der Waals surface area (Å²) in [6.45, 7) is 3.41. The largest absolute Gasteiger partial charge is 0.384 e. The van der Waals surface area contributed by atoms with Crippen LogP contribution in [-0.4, -0.2) is 16.3 Å². The van der Waals surface area contributed by atoms with Crippen LogP contribution < -0.4 is 10.9 Å². The number of nitrogens with zero attached hydrogens (tertiary/aromatic N) is 2. The fourth-order valence-electron chi connectivity index (χ4n) is 1.57. The van der Waals surface area contributed by atoms with Crippen LogP contribution in [0.2, 0.25) is 0 Å². The van der Waals surface area contributed by atoms with Gasteiger partial charge in [0.25, 0.3) is 5.56 Å². The Balaban J connectivity index is 2.04. The van der Waals surface area contributed by atoms with Crippen molar-refractivity contribution in [1.29, 1.82) is 0 Å². The van der Waals surface area contributed by atoms with Gasteiger partial charge in [-0.15, -0.1) is 0 Å². The normalized spacial score (nSPS) is 10.4. The van der Waals surface area contributed by atoms with E-state index in [0.717, 1.165) is 18.7 Å². The summed E-state index contributed by atoms with van der Waals surface area (Å²) in [6, 6.07) is 3.66. The van der Waals surface area contributed by atoms with Crippen LogP contribution in [-0.2, 0) is 13.0 Å². The minimum absolute atomic E-state index is 0.0568. The van der Waals surface area contributed by atoms with Crippen molar-refractivity contribution in [1.82, 2.24) is 9.78 Å². The molecular weight excluding hydrogens is 234 g/mol. The molecule has 0 aliphatic carbocycles. The maximum absolute atomic E-state index is 11.7. The number of aryl methyl sites for hydroxylation is 2. The lowest BCUT2D eigenvalue weighted by molar-refractivity contribution is 0.579. The van der Waals surface area contributed by atoms with Crippen molar-refractivity contribution in [3.05, 3.63) is 45.0 Å². The van der Waals surface area contributed by atoms with Crippen LogP contribution in [0.25, 0.3) is 0 Å². The maximum Gasteiger partial charge on any atom is 0.268 e. The number of anilines is 1. The van der Waals surface area contributed by atoms with Gasteiger partial charge in [0, 0.05) is 19.2 Å². The molecule has 0 radical (unpaired) electrons. The van der Waals surface area contributed by atoms with E-state index in [2.05, 4.69) is 21.9 Å². The number of nitrogens with one attached hydrogen (secondary N) is 1. The first kappa shape index (κ1) is 11.9. The summed E-state index contributed by atoms with van der Waals surface area (Å²) in [4.78, 5) is 11.7. The standard InChI is InChI=1S/C12H15N3OS/c1-2-13-11-7-12(16)15(14-8-11)5-3-10-4-6-17-9-10/h4,6-9,13H,2-3,5H2,1H3. The average molecular weight is 249 g/mol. The zero-order valence-electron chi connectivity index (χ0n) is 9.72. The van der Waals surface area contributed by atoms with E-state index >= 15 is 0 Å². The van der Waals surface area contributed by atoms with E-state index in [1.165, 1.54) is 10.2 Å². The topological polar surface area (TPSA) is 46.9 Å². The Kier molecular flexibility index (Phi) is 3.93. The molecule has 2 aromatic heterocycles. The zero-order chi connectivity index (χ0) is 12.1. The Labute approximate surface area is 104 Å². The summed E-state index contributed by atoms with van der Waals surface area (Å²) in [6.07, 6.45) is 2.54.